The summed E-state index contributed by atoms with van der Waals surface area (Å²) in [6.07, 6.45) is 0.572. The second kappa shape index (κ2) is 7.68. The van der Waals surface area contributed by atoms with Crippen LogP contribution in [0.2, 0.25) is 0 Å². The zero-order valence-corrected chi connectivity index (χ0v) is 15.4. The summed E-state index contributed by atoms with van der Waals surface area (Å²) >= 11 is 8.19. The first-order valence-electron chi connectivity index (χ1n) is 7.31. The number of nitrogens with zero attached hydrogens (tertiary/aromatic N) is 2. The molecule has 3 N–H and O–H groups in total. The Hall–Kier alpha value is -2.36. The van der Waals surface area contributed by atoms with E-state index in [0.717, 1.165) is 21.1 Å². The molecule has 2 heterocycles. The van der Waals surface area contributed by atoms with Gasteiger partial charge in [0.05, 0.1) is 21.5 Å². The first-order chi connectivity index (χ1) is 12.0. The van der Waals surface area contributed by atoms with E-state index in [0.29, 0.717) is 6.42 Å². The lowest BCUT2D eigenvalue weighted by Crippen LogP contribution is -2.34. The van der Waals surface area contributed by atoms with Gasteiger partial charge in [0.15, 0.2) is 5.11 Å². The first-order valence-corrected chi connectivity index (χ1v) is 9.48. The summed E-state index contributed by atoms with van der Waals surface area (Å²) in [7, 11) is 0. The molecule has 1 atom stereocenters. The second-order valence-corrected chi connectivity index (χ2v) is 7.49. The monoisotopic (exact) mass is 390 g/mol. The number of nitro groups is 1. The summed E-state index contributed by atoms with van der Waals surface area (Å²) in [5.41, 5.74) is 7.51. The van der Waals surface area contributed by atoms with E-state index < -0.39 is 4.92 Å². The summed E-state index contributed by atoms with van der Waals surface area (Å²) in [4.78, 5) is 16.2. The number of benzene rings is 1. The van der Waals surface area contributed by atoms with E-state index in [4.69, 9.17) is 22.9 Å². The third-order valence-corrected chi connectivity index (χ3v) is 5.53. The Kier molecular flexibility index (Phi) is 5.37. The molecule has 1 aromatic carbocycles. The predicted octanol–water partition coefficient (Wildman–Crippen LogP) is 3.90. The largest absolute Gasteiger partial charge is 0.376 e. The molecule has 9 heteroatoms. The molecule has 0 saturated heterocycles. The topological polar surface area (TPSA) is 94.1 Å². The van der Waals surface area contributed by atoms with Gasteiger partial charge >= 0.3 is 0 Å². The zero-order chi connectivity index (χ0) is 17.8. The standard InChI is InChI=1S/C16H14N4O2S3/c17-16(23)19-12(8-10-3-5-11(6-4-10)20(21)22)13-9-25-15(18-13)14-2-1-7-24-14/h1-7,9,12H,8H2,(H3,17,19,23). The Morgan fingerprint density at radius 1 is 1.32 bits per heavy atom. The highest BCUT2D eigenvalue weighted by Crippen LogP contribution is 2.30. The average molecular weight is 391 g/mol. The maximum atomic E-state index is 10.8. The molecule has 0 saturated carbocycles. The van der Waals surface area contributed by atoms with E-state index in [9.17, 15) is 10.1 Å². The first kappa shape index (κ1) is 17.5. The quantitative estimate of drug-likeness (QED) is 0.377. The van der Waals surface area contributed by atoms with Gasteiger partial charge in [-0.2, -0.15) is 0 Å². The van der Waals surface area contributed by atoms with E-state index in [1.54, 1.807) is 34.8 Å². The third kappa shape index (κ3) is 4.38. The highest BCUT2D eigenvalue weighted by atomic mass is 32.1. The molecule has 0 fully saturated rings. The van der Waals surface area contributed by atoms with Crippen molar-refractivity contribution in [3.63, 3.8) is 0 Å². The number of thiophene rings is 1. The molecule has 0 aliphatic heterocycles. The number of thiazole rings is 1. The predicted molar refractivity (Wildman–Crippen MR) is 105 cm³/mol. The van der Waals surface area contributed by atoms with E-state index >= 15 is 0 Å². The lowest BCUT2D eigenvalue weighted by molar-refractivity contribution is -0.384. The zero-order valence-electron chi connectivity index (χ0n) is 12.9. The molecule has 6 nitrogen and oxygen atoms in total. The number of thiocarbonyl (C=S) groups is 1. The molecule has 0 bridgehead atoms. The van der Waals surface area contributed by atoms with Gasteiger partial charge in [-0.3, -0.25) is 10.1 Å². The summed E-state index contributed by atoms with van der Waals surface area (Å²) < 4.78 is 0. The number of nitro benzene ring substituents is 1. The Bertz CT molecular complexity index is 875. The van der Waals surface area contributed by atoms with E-state index in [-0.39, 0.29) is 16.8 Å². The van der Waals surface area contributed by atoms with Crippen LogP contribution in [0.15, 0.2) is 47.2 Å². The van der Waals surface area contributed by atoms with Gasteiger partial charge in [0.2, 0.25) is 0 Å². The van der Waals surface area contributed by atoms with Crippen molar-refractivity contribution < 1.29 is 4.92 Å². The molecular weight excluding hydrogens is 376 g/mol. The van der Waals surface area contributed by atoms with Crippen LogP contribution in [0.3, 0.4) is 0 Å². The van der Waals surface area contributed by atoms with Crippen LogP contribution in [0.5, 0.6) is 0 Å². The number of aromatic nitrogens is 1. The highest BCUT2D eigenvalue weighted by molar-refractivity contribution is 7.80. The Balaban J connectivity index is 1.82. The van der Waals surface area contributed by atoms with Crippen molar-refractivity contribution in [3.05, 3.63) is 68.5 Å². The second-order valence-electron chi connectivity index (χ2n) is 5.24. The molecule has 2 aromatic heterocycles. The normalized spacial score (nSPS) is 11.8. The fraction of sp³-hybridized carbons (Fsp3) is 0.125. The van der Waals surface area contributed by atoms with Crippen LogP contribution in [0.25, 0.3) is 9.88 Å². The average Bonchev–Trinajstić information content (AvgIpc) is 3.25. The van der Waals surface area contributed by atoms with Crippen molar-refractivity contribution in [2.75, 3.05) is 0 Å². The van der Waals surface area contributed by atoms with Crippen molar-refractivity contribution in [1.29, 1.82) is 0 Å². The minimum absolute atomic E-state index is 0.0660. The van der Waals surface area contributed by atoms with Crippen LogP contribution in [0.4, 0.5) is 5.69 Å². The van der Waals surface area contributed by atoms with Gasteiger partial charge in [-0.25, -0.2) is 4.98 Å². The number of nitrogens with one attached hydrogen (secondary N) is 1. The third-order valence-electron chi connectivity index (χ3n) is 3.51. The van der Waals surface area contributed by atoms with Gasteiger partial charge in [-0.1, -0.05) is 18.2 Å². The van der Waals surface area contributed by atoms with Gasteiger partial charge in [0, 0.05) is 17.5 Å². The SMILES string of the molecule is NC(=S)NC(Cc1ccc([N+](=O)[O-])cc1)c1csc(-c2cccs2)n1. The van der Waals surface area contributed by atoms with Crippen LogP contribution >= 0.6 is 34.9 Å². The van der Waals surface area contributed by atoms with Crippen LogP contribution < -0.4 is 11.1 Å². The highest BCUT2D eigenvalue weighted by Gasteiger charge is 2.18. The molecule has 25 heavy (non-hydrogen) atoms. The number of nitrogens with two attached hydrogens (primary N) is 1. The van der Waals surface area contributed by atoms with E-state index in [1.165, 1.54) is 12.1 Å². The lowest BCUT2D eigenvalue weighted by atomic mass is 10.0. The van der Waals surface area contributed by atoms with Crippen molar-refractivity contribution >= 4 is 45.7 Å². The Labute approximate surface area is 157 Å². The van der Waals surface area contributed by atoms with Crippen molar-refractivity contribution in [3.8, 4) is 9.88 Å². The van der Waals surface area contributed by atoms with Crippen LogP contribution in [-0.2, 0) is 6.42 Å². The number of hydrogen-bond acceptors (Lipinski definition) is 6. The molecule has 0 amide bonds. The van der Waals surface area contributed by atoms with Crippen LogP contribution in [0.1, 0.15) is 17.3 Å². The maximum Gasteiger partial charge on any atom is 0.269 e. The molecule has 0 aliphatic carbocycles. The van der Waals surface area contributed by atoms with E-state index in [1.807, 2.05) is 22.9 Å². The number of non-ortho nitro benzene ring substituents is 1. The van der Waals surface area contributed by atoms with Gasteiger partial charge < -0.3 is 11.1 Å². The van der Waals surface area contributed by atoms with Crippen LogP contribution in [-0.4, -0.2) is 15.0 Å². The fourth-order valence-corrected chi connectivity index (χ4v) is 4.18. The molecule has 0 radical (unpaired) electrons. The van der Waals surface area contributed by atoms with Crippen molar-refractivity contribution in [2.45, 2.75) is 12.5 Å². The minimum Gasteiger partial charge on any atom is -0.376 e. The van der Waals surface area contributed by atoms with Gasteiger partial charge in [0.1, 0.15) is 5.01 Å². The maximum absolute atomic E-state index is 10.8. The molecule has 0 spiro atoms. The minimum atomic E-state index is -0.414. The Morgan fingerprint density at radius 2 is 2.08 bits per heavy atom. The van der Waals surface area contributed by atoms with Crippen molar-refractivity contribution in [2.24, 2.45) is 5.73 Å². The molecule has 3 aromatic rings. The summed E-state index contributed by atoms with van der Waals surface area (Å²) in [5.74, 6) is 0. The molecule has 0 aliphatic rings. The van der Waals surface area contributed by atoms with Crippen LogP contribution in [0, 0.1) is 10.1 Å². The van der Waals surface area contributed by atoms with E-state index in [2.05, 4.69) is 5.32 Å². The smallest absolute Gasteiger partial charge is 0.269 e. The summed E-state index contributed by atoms with van der Waals surface area (Å²) in [5, 5.41) is 19.0. The molecule has 1 unspecified atom stereocenters. The number of hydrogen-bond donors (Lipinski definition) is 2. The fourth-order valence-electron chi connectivity index (χ4n) is 2.35. The lowest BCUT2D eigenvalue weighted by Gasteiger charge is -2.17. The summed E-state index contributed by atoms with van der Waals surface area (Å²) in [6, 6.07) is 10.3. The molecular formula is C16H14N4O2S3. The Morgan fingerprint density at radius 3 is 2.68 bits per heavy atom. The van der Waals surface area contributed by atoms with Gasteiger partial charge in [0.25, 0.3) is 5.69 Å². The van der Waals surface area contributed by atoms with Gasteiger partial charge in [-0.15, -0.1) is 22.7 Å². The molecule has 3 rings (SSSR count). The number of rotatable bonds is 6. The van der Waals surface area contributed by atoms with Crippen molar-refractivity contribution in [1.82, 2.24) is 10.3 Å². The summed E-state index contributed by atoms with van der Waals surface area (Å²) in [6.45, 7) is 0. The van der Waals surface area contributed by atoms with Gasteiger partial charge in [-0.05, 0) is 35.6 Å². The molecule has 128 valence electrons.